The van der Waals surface area contributed by atoms with Crippen LogP contribution in [0.3, 0.4) is 0 Å². The van der Waals surface area contributed by atoms with E-state index in [2.05, 4.69) is 13.8 Å². The van der Waals surface area contributed by atoms with E-state index in [0.29, 0.717) is 18.9 Å². The van der Waals surface area contributed by atoms with Gasteiger partial charge in [0.15, 0.2) is 0 Å². The summed E-state index contributed by atoms with van der Waals surface area (Å²) in [4.78, 5) is 11.0. The Balaban J connectivity index is 1.73. The van der Waals surface area contributed by atoms with E-state index < -0.39 is 0 Å². The molecule has 2 rings (SSSR count). The number of hydrogen-bond donors (Lipinski definition) is 0. The zero-order chi connectivity index (χ0) is 13.0. The maximum absolute atomic E-state index is 11.0. The number of carbonyl (C=O) groups excluding carboxylic acids is 1. The molecule has 1 heterocycles. The van der Waals surface area contributed by atoms with Gasteiger partial charge in [-0.2, -0.15) is 0 Å². The molecule has 0 bridgehead atoms. The lowest BCUT2D eigenvalue weighted by Gasteiger charge is -2.24. The van der Waals surface area contributed by atoms with Crippen LogP contribution in [-0.4, -0.2) is 12.6 Å². The number of carbonyl (C=O) groups is 1. The zero-order valence-electron chi connectivity index (χ0n) is 12.0. The molecule has 18 heavy (non-hydrogen) atoms. The predicted molar refractivity (Wildman–Crippen MR) is 73.2 cm³/mol. The first-order valence-corrected chi connectivity index (χ1v) is 7.88. The second kappa shape index (κ2) is 6.58. The Morgan fingerprint density at radius 2 is 1.83 bits per heavy atom. The van der Waals surface area contributed by atoms with E-state index in [1.807, 2.05) is 0 Å². The molecule has 0 radical (unpaired) electrons. The van der Waals surface area contributed by atoms with Crippen LogP contribution in [0, 0.1) is 23.7 Å². The number of rotatable bonds is 5. The SMILES string of the molecule is CCC1CC(CC)C(CCC2CCC(=O)OC2)C1. The van der Waals surface area contributed by atoms with Gasteiger partial charge >= 0.3 is 5.97 Å². The van der Waals surface area contributed by atoms with Gasteiger partial charge in [0.25, 0.3) is 0 Å². The molecule has 1 aliphatic carbocycles. The summed E-state index contributed by atoms with van der Waals surface area (Å²) in [6.45, 7) is 5.36. The Labute approximate surface area is 111 Å². The molecule has 0 aromatic carbocycles. The van der Waals surface area contributed by atoms with Gasteiger partial charge in [0.2, 0.25) is 0 Å². The second-order valence-corrected chi connectivity index (χ2v) is 6.34. The Morgan fingerprint density at radius 3 is 2.44 bits per heavy atom. The van der Waals surface area contributed by atoms with Gasteiger partial charge in [0.05, 0.1) is 6.61 Å². The lowest BCUT2D eigenvalue weighted by atomic mass is 9.85. The fourth-order valence-corrected chi connectivity index (χ4v) is 3.89. The molecule has 0 N–H and O–H groups in total. The standard InChI is InChI=1S/C16H28O2/c1-3-12-9-14(4-2)15(10-12)7-5-13-6-8-16(17)18-11-13/h12-15H,3-11H2,1-2H3. The monoisotopic (exact) mass is 252 g/mol. The van der Waals surface area contributed by atoms with Crippen LogP contribution in [0.15, 0.2) is 0 Å². The van der Waals surface area contributed by atoms with E-state index in [0.717, 1.165) is 24.2 Å². The van der Waals surface area contributed by atoms with Crippen molar-refractivity contribution in [2.45, 2.75) is 65.2 Å². The van der Waals surface area contributed by atoms with Crippen molar-refractivity contribution in [3.8, 4) is 0 Å². The van der Waals surface area contributed by atoms with Crippen molar-refractivity contribution in [1.29, 1.82) is 0 Å². The fraction of sp³-hybridized carbons (Fsp3) is 0.938. The Bertz CT molecular complexity index is 264. The molecule has 0 aromatic rings. The first-order valence-electron chi connectivity index (χ1n) is 7.88. The van der Waals surface area contributed by atoms with Gasteiger partial charge in [-0.05, 0) is 55.8 Å². The molecule has 104 valence electrons. The predicted octanol–water partition coefficient (Wildman–Crippen LogP) is 4.18. The molecule has 4 atom stereocenters. The van der Waals surface area contributed by atoms with E-state index in [4.69, 9.17) is 4.74 Å². The molecular weight excluding hydrogens is 224 g/mol. The molecule has 1 aliphatic heterocycles. The van der Waals surface area contributed by atoms with Gasteiger partial charge in [-0.3, -0.25) is 4.79 Å². The van der Waals surface area contributed by atoms with Crippen molar-refractivity contribution in [3.63, 3.8) is 0 Å². The average Bonchev–Trinajstić information content (AvgIpc) is 2.80. The maximum atomic E-state index is 11.0. The summed E-state index contributed by atoms with van der Waals surface area (Å²) >= 11 is 0. The van der Waals surface area contributed by atoms with E-state index in [-0.39, 0.29) is 5.97 Å². The minimum Gasteiger partial charge on any atom is -0.465 e. The Hall–Kier alpha value is -0.530. The van der Waals surface area contributed by atoms with Crippen molar-refractivity contribution >= 4 is 5.97 Å². The van der Waals surface area contributed by atoms with Gasteiger partial charge in [0.1, 0.15) is 0 Å². The van der Waals surface area contributed by atoms with Crippen LogP contribution in [0.4, 0.5) is 0 Å². The summed E-state index contributed by atoms with van der Waals surface area (Å²) in [7, 11) is 0. The minimum absolute atomic E-state index is 0.00426. The molecule has 4 unspecified atom stereocenters. The van der Waals surface area contributed by atoms with E-state index in [1.165, 1.54) is 38.5 Å². The third-order valence-electron chi connectivity index (χ3n) is 5.22. The van der Waals surface area contributed by atoms with Crippen LogP contribution in [-0.2, 0) is 9.53 Å². The number of ether oxygens (including phenoxy) is 1. The third kappa shape index (κ3) is 3.49. The average molecular weight is 252 g/mol. The number of esters is 1. The molecule has 0 aromatic heterocycles. The molecular formula is C16H28O2. The highest BCUT2D eigenvalue weighted by molar-refractivity contribution is 5.69. The lowest BCUT2D eigenvalue weighted by Crippen LogP contribution is -2.22. The first-order chi connectivity index (χ1) is 8.72. The van der Waals surface area contributed by atoms with Crippen LogP contribution < -0.4 is 0 Å². The second-order valence-electron chi connectivity index (χ2n) is 6.34. The van der Waals surface area contributed by atoms with Crippen molar-refractivity contribution in [1.82, 2.24) is 0 Å². The van der Waals surface area contributed by atoms with Crippen LogP contribution in [0.5, 0.6) is 0 Å². The molecule has 0 amide bonds. The summed E-state index contributed by atoms with van der Waals surface area (Å²) in [5.41, 5.74) is 0. The summed E-state index contributed by atoms with van der Waals surface area (Å²) in [5.74, 6) is 3.52. The molecule has 1 saturated carbocycles. The lowest BCUT2D eigenvalue weighted by molar-refractivity contribution is -0.149. The first kappa shape index (κ1) is 13.9. The van der Waals surface area contributed by atoms with Crippen molar-refractivity contribution in [3.05, 3.63) is 0 Å². The van der Waals surface area contributed by atoms with Crippen LogP contribution in [0.1, 0.15) is 65.2 Å². The van der Waals surface area contributed by atoms with Gasteiger partial charge in [-0.1, -0.05) is 26.7 Å². The summed E-state index contributed by atoms with van der Waals surface area (Å²) in [5, 5.41) is 0. The van der Waals surface area contributed by atoms with Gasteiger partial charge < -0.3 is 4.74 Å². The Morgan fingerprint density at radius 1 is 1.06 bits per heavy atom. The quantitative estimate of drug-likeness (QED) is 0.686. The van der Waals surface area contributed by atoms with Crippen molar-refractivity contribution < 1.29 is 9.53 Å². The molecule has 2 fully saturated rings. The van der Waals surface area contributed by atoms with Crippen molar-refractivity contribution in [2.75, 3.05) is 6.61 Å². The normalized spacial score (nSPS) is 36.7. The molecule has 1 saturated heterocycles. The largest absolute Gasteiger partial charge is 0.465 e. The van der Waals surface area contributed by atoms with E-state index in [9.17, 15) is 4.79 Å². The zero-order valence-corrected chi connectivity index (χ0v) is 12.0. The fourth-order valence-electron chi connectivity index (χ4n) is 3.89. The summed E-state index contributed by atoms with van der Waals surface area (Å²) < 4.78 is 5.16. The maximum Gasteiger partial charge on any atom is 0.305 e. The van der Waals surface area contributed by atoms with Gasteiger partial charge in [0, 0.05) is 6.42 Å². The van der Waals surface area contributed by atoms with E-state index >= 15 is 0 Å². The van der Waals surface area contributed by atoms with Gasteiger partial charge in [-0.25, -0.2) is 0 Å². The van der Waals surface area contributed by atoms with Crippen LogP contribution in [0.25, 0.3) is 0 Å². The van der Waals surface area contributed by atoms with E-state index in [1.54, 1.807) is 0 Å². The van der Waals surface area contributed by atoms with Crippen LogP contribution in [0.2, 0.25) is 0 Å². The molecule has 2 nitrogen and oxygen atoms in total. The van der Waals surface area contributed by atoms with Crippen molar-refractivity contribution in [2.24, 2.45) is 23.7 Å². The van der Waals surface area contributed by atoms with Gasteiger partial charge in [-0.15, -0.1) is 0 Å². The third-order valence-corrected chi connectivity index (χ3v) is 5.22. The topological polar surface area (TPSA) is 26.3 Å². The number of cyclic esters (lactones) is 1. The number of hydrogen-bond acceptors (Lipinski definition) is 2. The minimum atomic E-state index is 0.00426. The molecule has 2 aliphatic rings. The van der Waals surface area contributed by atoms with Crippen LogP contribution >= 0.6 is 0 Å². The highest BCUT2D eigenvalue weighted by Crippen LogP contribution is 2.42. The molecule has 2 heteroatoms. The summed E-state index contributed by atoms with van der Waals surface area (Å²) in [6, 6.07) is 0. The smallest absolute Gasteiger partial charge is 0.305 e. The molecule has 0 spiro atoms. The highest BCUT2D eigenvalue weighted by Gasteiger charge is 2.32. The highest BCUT2D eigenvalue weighted by atomic mass is 16.5. The Kier molecular flexibility index (Phi) is 5.08. The summed E-state index contributed by atoms with van der Waals surface area (Å²) in [6.07, 6.45) is 9.93.